The van der Waals surface area contributed by atoms with Crippen LogP contribution in [0.25, 0.3) is 11.2 Å². The summed E-state index contributed by atoms with van der Waals surface area (Å²) in [5, 5.41) is 10.1. The molecular weight excluding hydrogens is 338 g/mol. The van der Waals surface area contributed by atoms with Crippen molar-refractivity contribution in [2.75, 3.05) is 26.1 Å². The van der Waals surface area contributed by atoms with Crippen LogP contribution >= 0.6 is 0 Å². The summed E-state index contributed by atoms with van der Waals surface area (Å²) in [4.78, 5) is 12.6. The molecule has 1 aliphatic rings. The van der Waals surface area contributed by atoms with E-state index in [1.807, 2.05) is 6.92 Å². The Morgan fingerprint density at radius 2 is 2.15 bits per heavy atom. The molecule has 3 N–H and O–H groups in total. The van der Waals surface area contributed by atoms with Gasteiger partial charge in [0.2, 0.25) is 0 Å². The van der Waals surface area contributed by atoms with Gasteiger partial charge in [-0.1, -0.05) is 20.3 Å². The maximum absolute atomic E-state index is 10.1. The molecule has 0 spiro atoms. The Kier molecular flexibility index (Phi) is 5.71. The Hall–Kier alpha value is -1.81. The van der Waals surface area contributed by atoms with Gasteiger partial charge in [-0.15, -0.1) is 0 Å². The van der Waals surface area contributed by atoms with E-state index in [1.165, 1.54) is 6.33 Å². The number of hydrogen-bond acceptors (Lipinski definition) is 8. The first-order valence-corrected chi connectivity index (χ1v) is 8.98. The number of imidazole rings is 1. The molecule has 1 aliphatic heterocycles. The topological polar surface area (TPSA) is 118 Å². The summed E-state index contributed by atoms with van der Waals surface area (Å²) in [5.41, 5.74) is 6.10. The highest BCUT2D eigenvalue weighted by molar-refractivity contribution is 5.81. The number of fused-ring (bicyclic) bond motifs is 1. The Labute approximate surface area is 152 Å². The molecule has 144 valence electrons. The van der Waals surface area contributed by atoms with Crippen molar-refractivity contribution in [3.8, 4) is 0 Å². The summed E-state index contributed by atoms with van der Waals surface area (Å²) in [5.74, 6) is 0.306. The van der Waals surface area contributed by atoms with Crippen molar-refractivity contribution in [1.82, 2.24) is 19.5 Å². The van der Waals surface area contributed by atoms with E-state index in [4.69, 9.17) is 19.9 Å². The molecule has 0 aliphatic carbocycles. The van der Waals surface area contributed by atoms with Gasteiger partial charge in [0.1, 0.15) is 29.7 Å². The van der Waals surface area contributed by atoms with Crippen molar-refractivity contribution >= 4 is 17.0 Å². The van der Waals surface area contributed by atoms with E-state index in [0.717, 1.165) is 12.8 Å². The first kappa shape index (κ1) is 19.0. The van der Waals surface area contributed by atoms with Crippen molar-refractivity contribution in [3.05, 3.63) is 12.7 Å². The number of nitrogen functional groups attached to an aromatic ring is 1. The number of aromatic nitrogens is 4. The van der Waals surface area contributed by atoms with Crippen LogP contribution in [0.5, 0.6) is 0 Å². The number of aliphatic hydroxyl groups excluding tert-OH is 1. The van der Waals surface area contributed by atoms with E-state index in [1.54, 1.807) is 18.0 Å². The van der Waals surface area contributed by atoms with Gasteiger partial charge < -0.3 is 25.1 Å². The average molecular weight is 365 g/mol. The summed E-state index contributed by atoms with van der Waals surface area (Å²) in [6.45, 7) is 4.48. The number of nitrogens with two attached hydrogens (primary N) is 1. The van der Waals surface area contributed by atoms with Gasteiger partial charge in [0, 0.05) is 13.7 Å². The van der Waals surface area contributed by atoms with Crippen LogP contribution in [0.2, 0.25) is 0 Å². The van der Waals surface area contributed by atoms with E-state index in [0.29, 0.717) is 30.0 Å². The summed E-state index contributed by atoms with van der Waals surface area (Å²) < 4.78 is 19.9. The third-order valence-electron chi connectivity index (χ3n) is 5.05. The molecule has 4 atom stereocenters. The van der Waals surface area contributed by atoms with Crippen LogP contribution in [0.15, 0.2) is 12.7 Å². The lowest BCUT2D eigenvalue weighted by Gasteiger charge is -2.32. The fourth-order valence-corrected chi connectivity index (χ4v) is 3.46. The van der Waals surface area contributed by atoms with Crippen molar-refractivity contribution in [3.63, 3.8) is 0 Å². The number of hydrogen-bond donors (Lipinski definition) is 2. The number of anilines is 1. The Balaban J connectivity index is 1.99. The van der Waals surface area contributed by atoms with E-state index in [-0.39, 0.29) is 6.61 Å². The minimum atomic E-state index is -0.853. The monoisotopic (exact) mass is 365 g/mol. The van der Waals surface area contributed by atoms with Crippen LogP contribution in [0, 0.1) is 0 Å². The van der Waals surface area contributed by atoms with E-state index in [9.17, 15) is 5.11 Å². The standard InChI is InChI=1S/C17H27N5O4/c1-4-6-7-25-13-12(24-3)16(26-17(13,5-2)8-23)22-10-21-11-14(18)19-9-20-15(11)22/h9-10,12-13,16,23H,4-8H2,1-3H3,(H2,18,19,20)/t12?,13?,16-,17-/m1/s1. The smallest absolute Gasteiger partial charge is 0.167 e. The highest BCUT2D eigenvalue weighted by Gasteiger charge is 2.56. The predicted molar refractivity (Wildman–Crippen MR) is 95.4 cm³/mol. The molecule has 2 unspecified atom stereocenters. The molecule has 26 heavy (non-hydrogen) atoms. The second-order valence-electron chi connectivity index (χ2n) is 6.51. The van der Waals surface area contributed by atoms with Gasteiger partial charge in [-0.2, -0.15) is 0 Å². The normalized spacial score (nSPS) is 28.8. The zero-order valence-corrected chi connectivity index (χ0v) is 15.5. The number of aliphatic hydroxyl groups is 1. The van der Waals surface area contributed by atoms with Gasteiger partial charge in [-0.05, 0) is 12.8 Å². The minimum Gasteiger partial charge on any atom is -0.393 e. The van der Waals surface area contributed by atoms with Crippen molar-refractivity contribution in [2.45, 2.75) is 57.1 Å². The number of unbranched alkanes of at least 4 members (excludes halogenated alkanes) is 1. The summed E-state index contributed by atoms with van der Waals surface area (Å²) >= 11 is 0. The van der Waals surface area contributed by atoms with Gasteiger partial charge in [-0.25, -0.2) is 15.0 Å². The van der Waals surface area contributed by atoms with Crippen molar-refractivity contribution in [2.24, 2.45) is 0 Å². The third kappa shape index (κ3) is 3.05. The van der Waals surface area contributed by atoms with E-state index in [2.05, 4.69) is 21.9 Å². The molecular formula is C17H27N5O4. The van der Waals surface area contributed by atoms with Crippen LogP contribution in [0.4, 0.5) is 5.82 Å². The maximum atomic E-state index is 10.1. The SMILES string of the molecule is CCCCOC1C(OC)[C@H](n2cnc3c(N)ncnc32)O[C@]1(CC)CO. The van der Waals surface area contributed by atoms with Crippen LogP contribution < -0.4 is 5.73 Å². The zero-order valence-electron chi connectivity index (χ0n) is 15.5. The molecule has 2 aromatic heterocycles. The van der Waals surface area contributed by atoms with Crippen molar-refractivity contribution < 1.29 is 19.3 Å². The van der Waals surface area contributed by atoms with Gasteiger partial charge in [0.15, 0.2) is 17.7 Å². The lowest BCUT2D eigenvalue weighted by Crippen LogP contribution is -2.48. The highest BCUT2D eigenvalue weighted by Crippen LogP contribution is 2.43. The van der Waals surface area contributed by atoms with E-state index < -0.39 is 24.0 Å². The molecule has 3 heterocycles. The zero-order chi connectivity index (χ0) is 18.7. The first-order valence-electron chi connectivity index (χ1n) is 8.98. The van der Waals surface area contributed by atoms with Gasteiger partial charge in [0.05, 0.1) is 12.9 Å². The Morgan fingerprint density at radius 3 is 2.81 bits per heavy atom. The first-order chi connectivity index (χ1) is 12.6. The molecule has 9 nitrogen and oxygen atoms in total. The Bertz CT molecular complexity index is 733. The fraction of sp³-hybridized carbons (Fsp3) is 0.706. The minimum absolute atomic E-state index is 0.166. The lowest BCUT2D eigenvalue weighted by atomic mass is 9.93. The second-order valence-corrected chi connectivity index (χ2v) is 6.51. The number of methoxy groups -OCH3 is 1. The molecule has 1 fully saturated rings. The number of nitrogens with zero attached hydrogens (tertiary/aromatic N) is 4. The molecule has 0 saturated carbocycles. The van der Waals surface area contributed by atoms with Crippen LogP contribution in [-0.4, -0.2) is 62.8 Å². The third-order valence-corrected chi connectivity index (χ3v) is 5.05. The van der Waals surface area contributed by atoms with Gasteiger partial charge >= 0.3 is 0 Å². The van der Waals surface area contributed by atoms with Crippen LogP contribution in [0.1, 0.15) is 39.3 Å². The van der Waals surface area contributed by atoms with Crippen LogP contribution in [-0.2, 0) is 14.2 Å². The quantitative estimate of drug-likeness (QED) is 0.672. The largest absolute Gasteiger partial charge is 0.393 e. The summed E-state index contributed by atoms with van der Waals surface area (Å²) in [6.07, 6.45) is 4.16. The van der Waals surface area contributed by atoms with Gasteiger partial charge in [0.25, 0.3) is 0 Å². The predicted octanol–water partition coefficient (Wildman–Crippen LogP) is 1.28. The van der Waals surface area contributed by atoms with Gasteiger partial charge in [-0.3, -0.25) is 4.57 Å². The number of ether oxygens (including phenoxy) is 3. The summed E-state index contributed by atoms with van der Waals surface area (Å²) in [6, 6.07) is 0. The maximum Gasteiger partial charge on any atom is 0.167 e. The summed E-state index contributed by atoms with van der Waals surface area (Å²) in [7, 11) is 1.61. The Morgan fingerprint density at radius 1 is 1.35 bits per heavy atom. The number of rotatable bonds is 8. The molecule has 0 amide bonds. The van der Waals surface area contributed by atoms with Crippen LogP contribution in [0.3, 0.4) is 0 Å². The molecule has 9 heteroatoms. The van der Waals surface area contributed by atoms with Crippen molar-refractivity contribution in [1.29, 1.82) is 0 Å². The fourth-order valence-electron chi connectivity index (χ4n) is 3.46. The lowest BCUT2D eigenvalue weighted by molar-refractivity contribution is -0.141. The molecule has 0 radical (unpaired) electrons. The van der Waals surface area contributed by atoms with E-state index >= 15 is 0 Å². The molecule has 3 rings (SSSR count). The highest BCUT2D eigenvalue weighted by atomic mass is 16.6. The molecule has 0 bridgehead atoms. The molecule has 2 aromatic rings. The molecule has 1 saturated heterocycles. The average Bonchev–Trinajstić information content (AvgIpc) is 3.22. The second kappa shape index (κ2) is 7.83. The molecule has 0 aromatic carbocycles.